The first-order chi connectivity index (χ1) is 12.6. The van der Waals surface area contributed by atoms with Crippen molar-refractivity contribution in [3.05, 3.63) is 46.8 Å². The molecule has 0 amide bonds. The van der Waals surface area contributed by atoms with Gasteiger partial charge in [-0.05, 0) is 45.0 Å². The maximum absolute atomic E-state index is 12.4. The Labute approximate surface area is 157 Å². The summed E-state index contributed by atoms with van der Waals surface area (Å²) in [6, 6.07) is 5.32. The highest BCUT2D eigenvalue weighted by atomic mass is 32.2. The Morgan fingerprint density at radius 3 is 2.33 bits per heavy atom. The van der Waals surface area contributed by atoms with Crippen molar-refractivity contribution in [3.63, 3.8) is 0 Å². The third kappa shape index (κ3) is 4.37. The van der Waals surface area contributed by atoms with E-state index in [-0.39, 0.29) is 22.0 Å². The lowest BCUT2D eigenvalue weighted by molar-refractivity contribution is 0.0471. The first kappa shape index (κ1) is 20.7. The Balaban J connectivity index is 2.22. The predicted molar refractivity (Wildman–Crippen MR) is 98.6 cm³/mol. The van der Waals surface area contributed by atoms with Crippen LogP contribution >= 0.6 is 0 Å². The number of hydrogen-bond donors (Lipinski definition) is 1. The number of nitrogens with two attached hydrogens (primary N) is 1. The minimum atomic E-state index is -4.00. The van der Waals surface area contributed by atoms with Gasteiger partial charge in [0.2, 0.25) is 15.8 Å². The average molecular weight is 394 g/mol. The van der Waals surface area contributed by atoms with E-state index < -0.39 is 22.6 Å². The van der Waals surface area contributed by atoms with E-state index in [4.69, 9.17) is 14.6 Å². The fourth-order valence-electron chi connectivity index (χ4n) is 2.88. The molecule has 1 aromatic heterocycles. The number of rotatable bonds is 7. The van der Waals surface area contributed by atoms with E-state index >= 15 is 0 Å². The number of benzene rings is 1. The van der Waals surface area contributed by atoms with E-state index in [0.29, 0.717) is 5.56 Å². The highest BCUT2D eigenvalue weighted by molar-refractivity contribution is 7.89. The van der Waals surface area contributed by atoms with E-state index in [9.17, 15) is 18.0 Å². The predicted octanol–water partition coefficient (Wildman–Crippen LogP) is 1.82. The molecule has 0 radical (unpaired) electrons. The van der Waals surface area contributed by atoms with Crippen LogP contribution in [0.1, 0.15) is 39.0 Å². The summed E-state index contributed by atoms with van der Waals surface area (Å²) in [5.41, 5.74) is 2.08. The van der Waals surface area contributed by atoms with Crippen molar-refractivity contribution in [2.45, 2.75) is 32.2 Å². The molecule has 0 atom stereocenters. The van der Waals surface area contributed by atoms with Crippen LogP contribution in [0.25, 0.3) is 0 Å². The number of sulfonamides is 1. The molecule has 0 bridgehead atoms. The van der Waals surface area contributed by atoms with Crippen molar-refractivity contribution in [2.75, 3.05) is 13.7 Å². The van der Waals surface area contributed by atoms with Crippen LogP contribution in [0.3, 0.4) is 0 Å². The molecule has 0 aliphatic heterocycles. The van der Waals surface area contributed by atoms with Gasteiger partial charge in [-0.1, -0.05) is 0 Å². The highest BCUT2D eigenvalue weighted by Gasteiger charge is 2.21. The Morgan fingerprint density at radius 2 is 1.81 bits per heavy atom. The van der Waals surface area contributed by atoms with E-state index in [1.807, 2.05) is 25.3 Å². The van der Waals surface area contributed by atoms with Crippen LogP contribution in [0.15, 0.2) is 29.2 Å². The number of primary sulfonamides is 1. The number of methoxy groups -OCH3 is 1. The number of hydrogen-bond acceptors (Lipinski definition) is 6. The highest BCUT2D eigenvalue weighted by Crippen LogP contribution is 2.23. The van der Waals surface area contributed by atoms with Gasteiger partial charge in [0, 0.05) is 23.5 Å². The number of Topliss-reactive ketones (excluding diaryl/α,β-unsaturated/α-hetero) is 1. The average Bonchev–Trinajstić information content (AvgIpc) is 2.91. The molecule has 0 unspecified atom stereocenters. The molecule has 1 heterocycles. The molecule has 0 aliphatic carbocycles. The second-order valence-electron chi connectivity index (χ2n) is 5.94. The van der Waals surface area contributed by atoms with E-state index in [1.54, 1.807) is 6.07 Å². The van der Waals surface area contributed by atoms with Gasteiger partial charge in [0.25, 0.3) is 0 Å². The van der Waals surface area contributed by atoms with Gasteiger partial charge in [-0.25, -0.2) is 18.4 Å². The molecule has 0 aliphatic rings. The Bertz CT molecular complexity index is 992. The molecule has 1 aromatic carbocycles. The quantitative estimate of drug-likeness (QED) is 0.565. The molecular formula is C18H22N2O6S. The first-order valence-electron chi connectivity index (χ1n) is 8.18. The lowest BCUT2D eigenvalue weighted by Crippen LogP contribution is -2.17. The number of aryl methyl sites for hydroxylation is 1. The summed E-state index contributed by atoms with van der Waals surface area (Å²) < 4.78 is 35.1. The second kappa shape index (κ2) is 7.93. The zero-order valence-electron chi connectivity index (χ0n) is 15.6. The summed E-state index contributed by atoms with van der Waals surface area (Å²) in [6.45, 7) is 5.93. The van der Waals surface area contributed by atoms with Crippen molar-refractivity contribution in [2.24, 2.45) is 5.14 Å². The number of esters is 1. The molecule has 9 heteroatoms. The maximum Gasteiger partial charge on any atom is 0.342 e. The van der Waals surface area contributed by atoms with Crippen LogP contribution < -0.4 is 9.88 Å². The smallest absolute Gasteiger partial charge is 0.342 e. The molecule has 2 aromatic rings. The Kier molecular flexibility index (Phi) is 6.07. The minimum absolute atomic E-state index is 0.115. The maximum atomic E-state index is 12.4. The van der Waals surface area contributed by atoms with E-state index in [1.165, 1.54) is 19.2 Å². The van der Waals surface area contributed by atoms with Crippen LogP contribution in [-0.4, -0.2) is 38.5 Å². The standard InChI is InChI=1S/C18H22N2O6S/c1-5-20-11(2)8-14(12(20)3)16(21)10-26-18(22)15-9-13(27(19,23)24)6-7-17(15)25-4/h6-9H,5,10H2,1-4H3,(H2,19,23,24). The van der Waals surface area contributed by atoms with Gasteiger partial charge in [0.1, 0.15) is 11.3 Å². The van der Waals surface area contributed by atoms with Crippen LogP contribution in [-0.2, 0) is 21.3 Å². The number of ether oxygens (including phenoxy) is 2. The number of carbonyl (C=O) groups is 2. The van der Waals surface area contributed by atoms with Gasteiger partial charge in [-0.3, -0.25) is 4.79 Å². The van der Waals surface area contributed by atoms with Crippen molar-refractivity contribution in [3.8, 4) is 5.75 Å². The fraction of sp³-hybridized carbons (Fsp3) is 0.333. The summed E-state index contributed by atoms with van der Waals surface area (Å²) in [6.07, 6.45) is 0. The first-order valence-corrected chi connectivity index (χ1v) is 9.72. The van der Waals surface area contributed by atoms with Crippen LogP contribution in [0, 0.1) is 13.8 Å². The summed E-state index contributed by atoms with van der Waals surface area (Å²) in [4.78, 5) is 24.5. The third-order valence-corrected chi connectivity index (χ3v) is 5.16. The fourth-order valence-corrected chi connectivity index (χ4v) is 3.42. The minimum Gasteiger partial charge on any atom is -0.496 e. The van der Waals surface area contributed by atoms with E-state index in [2.05, 4.69) is 0 Å². The van der Waals surface area contributed by atoms with Gasteiger partial charge in [-0.2, -0.15) is 0 Å². The van der Waals surface area contributed by atoms with Crippen LogP contribution in [0.4, 0.5) is 0 Å². The van der Waals surface area contributed by atoms with Crippen LogP contribution in [0.5, 0.6) is 5.75 Å². The van der Waals surface area contributed by atoms with Gasteiger partial charge in [0.05, 0.1) is 12.0 Å². The molecule has 0 fully saturated rings. The number of nitrogens with zero attached hydrogens (tertiary/aromatic N) is 1. The molecule has 2 rings (SSSR count). The van der Waals surface area contributed by atoms with Gasteiger partial charge in [0.15, 0.2) is 6.61 Å². The zero-order chi connectivity index (χ0) is 20.4. The number of carbonyl (C=O) groups excluding carboxylic acids is 2. The van der Waals surface area contributed by atoms with Gasteiger partial charge in [-0.15, -0.1) is 0 Å². The molecule has 0 saturated carbocycles. The van der Waals surface area contributed by atoms with Crippen molar-refractivity contribution < 1.29 is 27.5 Å². The summed E-state index contributed by atoms with van der Waals surface area (Å²) in [5.74, 6) is -1.11. The lowest BCUT2D eigenvalue weighted by atomic mass is 10.1. The molecule has 2 N–H and O–H groups in total. The SMILES string of the molecule is CCn1c(C)cc(C(=O)COC(=O)c2cc(S(N)(=O)=O)ccc2OC)c1C. The molecule has 0 saturated heterocycles. The molecular weight excluding hydrogens is 372 g/mol. The van der Waals surface area contributed by atoms with E-state index in [0.717, 1.165) is 24.0 Å². The lowest BCUT2D eigenvalue weighted by Gasteiger charge is -2.10. The van der Waals surface area contributed by atoms with Crippen LogP contribution in [0.2, 0.25) is 0 Å². The normalized spacial score (nSPS) is 11.3. The summed E-state index contributed by atoms with van der Waals surface area (Å²) in [7, 11) is -2.67. The number of ketones is 1. The van der Waals surface area contributed by atoms with Crippen molar-refractivity contribution in [1.82, 2.24) is 4.57 Å². The Morgan fingerprint density at radius 1 is 1.15 bits per heavy atom. The summed E-state index contributed by atoms with van der Waals surface area (Å²) in [5, 5.41) is 5.08. The Hall–Kier alpha value is -2.65. The zero-order valence-corrected chi connectivity index (χ0v) is 16.4. The molecule has 27 heavy (non-hydrogen) atoms. The topological polar surface area (TPSA) is 118 Å². The molecule has 8 nitrogen and oxygen atoms in total. The number of aromatic nitrogens is 1. The second-order valence-corrected chi connectivity index (χ2v) is 7.50. The third-order valence-electron chi connectivity index (χ3n) is 4.24. The summed E-state index contributed by atoms with van der Waals surface area (Å²) >= 11 is 0. The van der Waals surface area contributed by atoms with Crippen molar-refractivity contribution >= 4 is 21.8 Å². The largest absolute Gasteiger partial charge is 0.496 e. The monoisotopic (exact) mass is 394 g/mol. The molecule has 0 spiro atoms. The van der Waals surface area contributed by atoms with Gasteiger partial charge >= 0.3 is 5.97 Å². The van der Waals surface area contributed by atoms with Gasteiger partial charge < -0.3 is 14.0 Å². The molecule has 146 valence electrons. The van der Waals surface area contributed by atoms with Crippen molar-refractivity contribution in [1.29, 1.82) is 0 Å².